The Balaban J connectivity index is 2.04. The average molecular weight is 247 g/mol. The first kappa shape index (κ1) is 14.0. The van der Waals surface area contributed by atoms with Gasteiger partial charge in [0.2, 0.25) is 0 Å². The molecule has 1 aliphatic carbocycles. The van der Waals surface area contributed by atoms with E-state index in [0.717, 1.165) is 18.8 Å². The van der Waals surface area contributed by atoms with Crippen molar-refractivity contribution in [3.8, 4) is 0 Å². The molecule has 96 valence electrons. The Morgan fingerprint density at radius 2 is 1.88 bits per heavy atom. The van der Waals surface area contributed by atoms with Crippen LogP contribution in [0.5, 0.6) is 0 Å². The van der Waals surface area contributed by atoms with Crippen molar-refractivity contribution in [1.29, 1.82) is 0 Å². The molecule has 0 aromatic rings. The van der Waals surface area contributed by atoms with Gasteiger partial charge in [-0.1, -0.05) is 25.7 Å². The molecular formula is C12H25NO2S. The van der Waals surface area contributed by atoms with Crippen LogP contribution >= 0.6 is 0 Å². The third kappa shape index (κ3) is 6.48. The fraction of sp³-hybridized carbons (Fsp3) is 1.00. The van der Waals surface area contributed by atoms with E-state index in [1.54, 1.807) is 0 Å². The summed E-state index contributed by atoms with van der Waals surface area (Å²) in [5.74, 6) is 1.17. The van der Waals surface area contributed by atoms with Crippen molar-refractivity contribution >= 4 is 9.84 Å². The lowest BCUT2D eigenvalue weighted by Crippen LogP contribution is -2.21. The smallest absolute Gasteiger partial charge is 0.147 e. The van der Waals surface area contributed by atoms with Crippen molar-refractivity contribution in [2.45, 2.75) is 57.4 Å². The van der Waals surface area contributed by atoms with Gasteiger partial charge in [-0.2, -0.15) is 0 Å². The molecule has 0 saturated heterocycles. The van der Waals surface area contributed by atoms with E-state index >= 15 is 0 Å². The minimum absolute atomic E-state index is 0.197. The standard InChI is InChI=1S/C12H25NO2S/c1-16(14,15)10-4-7-12(13)9-8-11-5-2-3-6-11/h11-12H,2-10,13H2,1H3. The zero-order chi connectivity index (χ0) is 12.0. The van der Waals surface area contributed by atoms with E-state index in [4.69, 9.17) is 5.73 Å². The molecule has 0 spiro atoms. The lowest BCUT2D eigenvalue weighted by Gasteiger charge is -2.14. The van der Waals surface area contributed by atoms with Crippen LogP contribution in [0.4, 0.5) is 0 Å². The van der Waals surface area contributed by atoms with E-state index in [1.165, 1.54) is 38.4 Å². The van der Waals surface area contributed by atoms with Crippen LogP contribution in [-0.2, 0) is 9.84 Å². The maximum Gasteiger partial charge on any atom is 0.147 e. The summed E-state index contributed by atoms with van der Waals surface area (Å²) >= 11 is 0. The molecule has 3 nitrogen and oxygen atoms in total. The van der Waals surface area contributed by atoms with Crippen molar-refractivity contribution in [3.05, 3.63) is 0 Å². The van der Waals surface area contributed by atoms with Gasteiger partial charge in [-0.15, -0.1) is 0 Å². The summed E-state index contributed by atoms with van der Waals surface area (Å²) in [5.41, 5.74) is 5.99. The molecule has 0 radical (unpaired) electrons. The molecule has 4 heteroatoms. The third-order valence-electron chi connectivity index (χ3n) is 3.51. The van der Waals surface area contributed by atoms with Gasteiger partial charge >= 0.3 is 0 Å². The van der Waals surface area contributed by atoms with E-state index in [9.17, 15) is 8.42 Å². The molecule has 2 N–H and O–H groups in total. The van der Waals surface area contributed by atoms with Gasteiger partial charge in [0.1, 0.15) is 9.84 Å². The molecule has 0 amide bonds. The van der Waals surface area contributed by atoms with Crippen LogP contribution in [0.15, 0.2) is 0 Å². The van der Waals surface area contributed by atoms with Crippen LogP contribution in [-0.4, -0.2) is 26.5 Å². The molecule has 0 aromatic heterocycles. The van der Waals surface area contributed by atoms with Gasteiger partial charge in [-0.3, -0.25) is 0 Å². The third-order valence-corrected chi connectivity index (χ3v) is 4.54. The molecule has 0 aromatic carbocycles. The Bertz CT molecular complexity index is 281. The molecule has 1 unspecified atom stereocenters. The first-order valence-corrected chi connectivity index (χ1v) is 8.47. The number of rotatable bonds is 7. The quantitative estimate of drug-likeness (QED) is 0.749. The molecule has 1 atom stereocenters. The summed E-state index contributed by atoms with van der Waals surface area (Å²) in [6.45, 7) is 0. The maximum atomic E-state index is 10.9. The van der Waals surface area contributed by atoms with Crippen molar-refractivity contribution in [2.75, 3.05) is 12.0 Å². The summed E-state index contributed by atoms with van der Waals surface area (Å²) in [4.78, 5) is 0. The molecule has 1 fully saturated rings. The second-order valence-corrected chi connectivity index (χ2v) is 7.52. The molecule has 1 saturated carbocycles. The molecule has 0 bridgehead atoms. The summed E-state index contributed by atoms with van der Waals surface area (Å²) < 4.78 is 21.9. The fourth-order valence-corrected chi connectivity index (χ4v) is 3.19. The van der Waals surface area contributed by atoms with Crippen molar-refractivity contribution in [3.63, 3.8) is 0 Å². The highest BCUT2D eigenvalue weighted by molar-refractivity contribution is 7.90. The van der Waals surface area contributed by atoms with Crippen LogP contribution in [0.25, 0.3) is 0 Å². The summed E-state index contributed by atoms with van der Waals surface area (Å²) in [5, 5.41) is 0. The zero-order valence-corrected chi connectivity index (χ0v) is 11.1. The van der Waals surface area contributed by atoms with Crippen LogP contribution in [0.1, 0.15) is 51.4 Å². The first-order valence-electron chi connectivity index (χ1n) is 6.40. The van der Waals surface area contributed by atoms with E-state index in [1.807, 2.05) is 0 Å². The van der Waals surface area contributed by atoms with Gasteiger partial charge in [-0.25, -0.2) is 8.42 Å². The van der Waals surface area contributed by atoms with Crippen LogP contribution in [0.3, 0.4) is 0 Å². The summed E-state index contributed by atoms with van der Waals surface area (Å²) in [6, 6.07) is 0.197. The monoisotopic (exact) mass is 247 g/mol. The number of hydrogen-bond acceptors (Lipinski definition) is 3. The molecular weight excluding hydrogens is 222 g/mol. The Morgan fingerprint density at radius 1 is 1.25 bits per heavy atom. The predicted molar refractivity (Wildman–Crippen MR) is 68.1 cm³/mol. The Labute approximate surface area is 99.7 Å². The Morgan fingerprint density at radius 3 is 2.44 bits per heavy atom. The summed E-state index contributed by atoms with van der Waals surface area (Å²) in [6.07, 6.45) is 10.7. The number of hydrogen-bond donors (Lipinski definition) is 1. The predicted octanol–water partition coefficient (Wildman–Crippen LogP) is 2.11. The highest BCUT2D eigenvalue weighted by atomic mass is 32.2. The highest BCUT2D eigenvalue weighted by Gasteiger charge is 2.16. The van der Waals surface area contributed by atoms with Gasteiger partial charge < -0.3 is 5.73 Å². The molecule has 0 aliphatic heterocycles. The van der Waals surface area contributed by atoms with Crippen LogP contribution < -0.4 is 5.73 Å². The Hall–Kier alpha value is -0.0900. The number of nitrogens with two attached hydrogens (primary N) is 1. The second kappa shape index (κ2) is 6.60. The SMILES string of the molecule is CS(=O)(=O)CCCC(N)CCC1CCCC1. The number of sulfone groups is 1. The highest BCUT2D eigenvalue weighted by Crippen LogP contribution is 2.29. The maximum absolute atomic E-state index is 10.9. The van der Waals surface area contributed by atoms with Gasteiger partial charge in [0.15, 0.2) is 0 Å². The first-order chi connectivity index (χ1) is 7.47. The molecule has 16 heavy (non-hydrogen) atoms. The average Bonchev–Trinajstić information content (AvgIpc) is 2.65. The topological polar surface area (TPSA) is 60.2 Å². The van der Waals surface area contributed by atoms with Crippen molar-refractivity contribution in [1.82, 2.24) is 0 Å². The van der Waals surface area contributed by atoms with Gasteiger partial charge in [0.05, 0.1) is 0 Å². The van der Waals surface area contributed by atoms with Gasteiger partial charge in [0, 0.05) is 18.1 Å². The molecule has 1 aliphatic rings. The fourth-order valence-electron chi connectivity index (χ4n) is 2.50. The second-order valence-electron chi connectivity index (χ2n) is 5.26. The van der Waals surface area contributed by atoms with Crippen LogP contribution in [0, 0.1) is 5.92 Å². The zero-order valence-electron chi connectivity index (χ0n) is 10.3. The van der Waals surface area contributed by atoms with E-state index in [0.29, 0.717) is 6.42 Å². The van der Waals surface area contributed by atoms with E-state index in [-0.39, 0.29) is 11.8 Å². The lowest BCUT2D eigenvalue weighted by atomic mass is 9.97. The normalized spacial score (nSPS) is 20.1. The summed E-state index contributed by atoms with van der Waals surface area (Å²) in [7, 11) is -2.81. The van der Waals surface area contributed by atoms with E-state index < -0.39 is 9.84 Å². The van der Waals surface area contributed by atoms with Gasteiger partial charge in [-0.05, 0) is 31.6 Å². The minimum Gasteiger partial charge on any atom is -0.328 e. The largest absolute Gasteiger partial charge is 0.328 e. The Kier molecular flexibility index (Phi) is 5.76. The minimum atomic E-state index is -2.81. The molecule has 1 rings (SSSR count). The molecule has 0 heterocycles. The van der Waals surface area contributed by atoms with Gasteiger partial charge in [0.25, 0.3) is 0 Å². The van der Waals surface area contributed by atoms with Crippen molar-refractivity contribution in [2.24, 2.45) is 11.7 Å². The van der Waals surface area contributed by atoms with E-state index in [2.05, 4.69) is 0 Å². The van der Waals surface area contributed by atoms with Crippen LogP contribution in [0.2, 0.25) is 0 Å². The van der Waals surface area contributed by atoms with Crippen molar-refractivity contribution < 1.29 is 8.42 Å². The lowest BCUT2D eigenvalue weighted by molar-refractivity contribution is 0.435.